The van der Waals surface area contributed by atoms with Gasteiger partial charge < -0.3 is 0 Å². The zero-order valence-corrected chi connectivity index (χ0v) is 20.6. The minimum atomic E-state index is 0.421. The van der Waals surface area contributed by atoms with Crippen LogP contribution in [0, 0.1) is 11.3 Å². The first-order valence-electron chi connectivity index (χ1n) is 8.48. The second kappa shape index (κ2) is 8.49. The average Bonchev–Trinajstić information content (AvgIpc) is 2.95. The van der Waals surface area contributed by atoms with Crippen LogP contribution in [0.25, 0.3) is 0 Å². The molecule has 0 aromatic carbocycles. The zero-order valence-electron chi connectivity index (χ0n) is 14.8. The molecule has 0 saturated heterocycles. The summed E-state index contributed by atoms with van der Waals surface area (Å²) in [5.41, 5.74) is 8.05. The summed E-state index contributed by atoms with van der Waals surface area (Å²) in [6, 6.07) is 0. The molecule has 3 heteroatoms. The van der Waals surface area contributed by atoms with Crippen LogP contribution in [-0.4, -0.2) is 15.4 Å². The third-order valence-corrected chi connectivity index (χ3v) is 7.69. The molecular formula is C20H28OW2. The van der Waals surface area contributed by atoms with Gasteiger partial charge in [0.1, 0.15) is 0 Å². The molecule has 1 atom stereocenters. The van der Waals surface area contributed by atoms with Crippen LogP contribution >= 0.6 is 0 Å². The van der Waals surface area contributed by atoms with Crippen LogP contribution in [0.3, 0.4) is 0 Å². The molecule has 0 amide bonds. The first-order chi connectivity index (χ1) is 10.9. The minimum absolute atomic E-state index is 0.421. The molecule has 0 saturated carbocycles. The summed E-state index contributed by atoms with van der Waals surface area (Å²) in [6.45, 7) is 9.92. The number of hydrogen-bond donors (Lipinski definition) is 0. The molecule has 23 heavy (non-hydrogen) atoms. The van der Waals surface area contributed by atoms with Crippen molar-refractivity contribution in [2.45, 2.75) is 59.8 Å². The normalized spacial score (nSPS) is 24.9. The Bertz CT molecular complexity index is 578. The Hall–Kier alpha value is 0.137. The van der Waals surface area contributed by atoms with Gasteiger partial charge in [-0.2, -0.15) is 0 Å². The van der Waals surface area contributed by atoms with Gasteiger partial charge in [0, 0.05) is 0 Å². The molecule has 0 bridgehead atoms. The summed E-state index contributed by atoms with van der Waals surface area (Å²) in [4.78, 5) is 0. The van der Waals surface area contributed by atoms with Crippen LogP contribution < -0.4 is 0 Å². The summed E-state index contributed by atoms with van der Waals surface area (Å²) >= 11 is 3.02. The molecule has 0 heterocycles. The predicted molar refractivity (Wildman–Crippen MR) is 91.9 cm³/mol. The van der Waals surface area contributed by atoms with Crippen LogP contribution in [-0.2, 0) is 43.4 Å². The fourth-order valence-electron chi connectivity index (χ4n) is 3.72. The zero-order chi connectivity index (χ0) is 17.0. The van der Waals surface area contributed by atoms with Gasteiger partial charge in [0.15, 0.2) is 0 Å². The van der Waals surface area contributed by atoms with E-state index in [4.69, 9.17) is 4.74 Å². The SMILES string of the molecule is CC([CH]=[W])=C(C)CO/C=C(/[CH]=[W])C1CC2=C(C1)C(C)(C)CCC2. The first kappa shape index (κ1) is 19.5. The number of hydrogen-bond acceptors (Lipinski definition) is 1. The number of allylic oxidation sites excluding steroid dienone is 4. The maximum absolute atomic E-state index is 5.92. The van der Waals surface area contributed by atoms with E-state index in [0.29, 0.717) is 17.9 Å². The molecule has 0 fully saturated rings. The molecule has 126 valence electrons. The number of ether oxygens (including phenoxy) is 1. The second-order valence-electron chi connectivity index (χ2n) is 7.55. The third kappa shape index (κ3) is 4.82. The van der Waals surface area contributed by atoms with Crippen molar-refractivity contribution in [2.24, 2.45) is 11.3 Å². The van der Waals surface area contributed by atoms with Crippen LogP contribution in [0.4, 0.5) is 0 Å². The van der Waals surface area contributed by atoms with E-state index in [1.165, 1.54) is 87.5 Å². The van der Waals surface area contributed by atoms with E-state index in [-0.39, 0.29) is 0 Å². The van der Waals surface area contributed by atoms with Crippen molar-refractivity contribution >= 4 is 8.80 Å². The van der Waals surface area contributed by atoms with Gasteiger partial charge in [-0.3, -0.25) is 0 Å². The van der Waals surface area contributed by atoms with Gasteiger partial charge in [-0.1, -0.05) is 0 Å². The van der Waals surface area contributed by atoms with E-state index in [0.717, 1.165) is 0 Å². The van der Waals surface area contributed by atoms with E-state index in [1.54, 1.807) is 11.1 Å². The summed E-state index contributed by atoms with van der Waals surface area (Å²) in [5.74, 6) is 0.655. The Kier molecular flexibility index (Phi) is 7.18. The standard InChI is InChI=1S/C20H28O.2W/c1-14(2)15(3)12-21-13-16(4)18-10-17-8-7-9-20(5,6)19(17)11-18;;/h1,4,13,18H,7-12H2,2-3,5-6H3;;/b15-14?,16-13-;;. The molecular weight excluding hydrogens is 624 g/mol. The van der Waals surface area contributed by atoms with E-state index in [1.807, 2.05) is 6.26 Å². The van der Waals surface area contributed by atoms with Crippen molar-refractivity contribution in [1.29, 1.82) is 0 Å². The van der Waals surface area contributed by atoms with Crippen molar-refractivity contribution in [2.75, 3.05) is 6.61 Å². The summed E-state index contributed by atoms with van der Waals surface area (Å²) in [5, 5.41) is 0. The summed E-state index contributed by atoms with van der Waals surface area (Å²) in [6.07, 6.45) is 8.61. The molecule has 0 aromatic rings. The van der Waals surface area contributed by atoms with Gasteiger partial charge in [-0.15, -0.1) is 0 Å². The van der Waals surface area contributed by atoms with Crippen molar-refractivity contribution in [3.8, 4) is 0 Å². The van der Waals surface area contributed by atoms with E-state index in [9.17, 15) is 0 Å². The number of rotatable bonds is 6. The van der Waals surface area contributed by atoms with Crippen molar-refractivity contribution in [3.05, 3.63) is 34.1 Å². The van der Waals surface area contributed by atoms with Gasteiger partial charge in [-0.05, 0) is 0 Å². The van der Waals surface area contributed by atoms with E-state index < -0.39 is 0 Å². The molecule has 0 aliphatic heterocycles. The molecule has 1 unspecified atom stereocenters. The summed E-state index contributed by atoms with van der Waals surface area (Å²) in [7, 11) is 0. The van der Waals surface area contributed by atoms with Crippen LogP contribution in [0.1, 0.15) is 59.8 Å². The molecule has 0 N–H and O–H groups in total. The molecule has 2 aliphatic rings. The fraction of sp³-hybridized carbons (Fsp3) is 0.600. The molecule has 2 aliphatic carbocycles. The molecule has 2 rings (SSSR count). The fourth-order valence-corrected chi connectivity index (χ4v) is 5.33. The monoisotopic (exact) mass is 652 g/mol. The molecule has 1 nitrogen and oxygen atoms in total. The van der Waals surface area contributed by atoms with Crippen LogP contribution in [0.5, 0.6) is 0 Å². The second-order valence-corrected chi connectivity index (χ2v) is 9.25. The molecule has 0 radical (unpaired) electrons. The Morgan fingerprint density at radius 3 is 2.57 bits per heavy atom. The first-order valence-corrected chi connectivity index (χ1v) is 11.9. The van der Waals surface area contributed by atoms with E-state index >= 15 is 0 Å². The van der Waals surface area contributed by atoms with Crippen molar-refractivity contribution in [3.63, 3.8) is 0 Å². The van der Waals surface area contributed by atoms with Crippen LogP contribution in [0.2, 0.25) is 0 Å². The predicted octanol–water partition coefficient (Wildman–Crippen LogP) is 4.84. The maximum atomic E-state index is 5.92. The van der Waals surface area contributed by atoms with Gasteiger partial charge in [0.05, 0.1) is 0 Å². The van der Waals surface area contributed by atoms with Gasteiger partial charge >= 0.3 is 164 Å². The van der Waals surface area contributed by atoms with Gasteiger partial charge in [0.2, 0.25) is 0 Å². The Morgan fingerprint density at radius 1 is 1.22 bits per heavy atom. The van der Waals surface area contributed by atoms with Gasteiger partial charge in [0.25, 0.3) is 0 Å². The van der Waals surface area contributed by atoms with E-state index in [2.05, 4.69) is 36.5 Å². The third-order valence-electron chi connectivity index (χ3n) is 5.44. The molecule has 0 spiro atoms. The Morgan fingerprint density at radius 2 is 1.96 bits per heavy atom. The topological polar surface area (TPSA) is 9.23 Å². The molecule has 0 aromatic heterocycles. The van der Waals surface area contributed by atoms with Crippen molar-refractivity contribution in [1.82, 2.24) is 0 Å². The Labute approximate surface area is 163 Å². The Balaban J connectivity index is 2.02. The van der Waals surface area contributed by atoms with Gasteiger partial charge in [-0.25, -0.2) is 0 Å². The van der Waals surface area contributed by atoms with Crippen LogP contribution in [0.15, 0.2) is 34.1 Å². The summed E-state index contributed by atoms with van der Waals surface area (Å²) < 4.78 is 10.5. The quantitative estimate of drug-likeness (QED) is 0.295. The average molecular weight is 652 g/mol. The van der Waals surface area contributed by atoms with Crippen molar-refractivity contribution < 1.29 is 43.4 Å².